The van der Waals surface area contributed by atoms with Gasteiger partial charge in [0.1, 0.15) is 11.8 Å². The van der Waals surface area contributed by atoms with Crippen LogP contribution in [0, 0.1) is 11.8 Å². The van der Waals surface area contributed by atoms with Crippen LogP contribution in [0.5, 0.6) is 0 Å². The smallest absolute Gasteiger partial charge is 0.230 e. The second-order valence-corrected chi connectivity index (χ2v) is 10.6. The van der Waals surface area contributed by atoms with Crippen molar-refractivity contribution in [3.05, 3.63) is 60.4 Å². The molecular formula is C30H36N2O2. The van der Waals surface area contributed by atoms with Gasteiger partial charge in [0.05, 0.1) is 5.69 Å². The zero-order valence-electron chi connectivity index (χ0n) is 20.1. The molecule has 0 bridgehead atoms. The van der Waals surface area contributed by atoms with E-state index in [1.807, 2.05) is 18.4 Å². The molecule has 1 aromatic heterocycles. The molecule has 1 atom stereocenters. The minimum atomic E-state index is 0.221. The van der Waals surface area contributed by atoms with E-state index in [-0.39, 0.29) is 5.92 Å². The van der Waals surface area contributed by atoms with E-state index in [4.69, 9.17) is 4.42 Å². The van der Waals surface area contributed by atoms with Gasteiger partial charge in [0.2, 0.25) is 5.91 Å². The highest BCUT2D eigenvalue weighted by Gasteiger charge is 2.36. The van der Waals surface area contributed by atoms with Crippen molar-refractivity contribution in [2.24, 2.45) is 11.8 Å². The van der Waals surface area contributed by atoms with Gasteiger partial charge in [-0.3, -0.25) is 4.79 Å². The molecule has 2 aromatic carbocycles. The van der Waals surface area contributed by atoms with E-state index in [2.05, 4.69) is 46.2 Å². The summed E-state index contributed by atoms with van der Waals surface area (Å²) in [5, 5.41) is 1.22. The highest BCUT2D eigenvalue weighted by molar-refractivity contribution is 5.97. The van der Waals surface area contributed by atoms with E-state index in [0.29, 0.717) is 17.9 Å². The van der Waals surface area contributed by atoms with Gasteiger partial charge in [-0.05, 0) is 74.6 Å². The lowest BCUT2D eigenvalue weighted by Gasteiger charge is -2.42. The zero-order valence-corrected chi connectivity index (χ0v) is 20.1. The molecule has 3 heterocycles. The van der Waals surface area contributed by atoms with Gasteiger partial charge in [-0.1, -0.05) is 49.6 Å². The number of rotatable bonds is 4. The van der Waals surface area contributed by atoms with Crippen molar-refractivity contribution in [1.82, 2.24) is 0 Å². The zero-order chi connectivity index (χ0) is 22.9. The first-order valence-corrected chi connectivity index (χ1v) is 13.4. The Labute approximate surface area is 202 Å². The quantitative estimate of drug-likeness (QED) is 0.425. The van der Waals surface area contributed by atoms with Crippen LogP contribution in [0.4, 0.5) is 11.4 Å². The summed E-state index contributed by atoms with van der Waals surface area (Å²) in [7, 11) is 0. The maximum absolute atomic E-state index is 13.8. The second-order valence-electron chi connectivity index (χ2n) is 10.6. The number of benzene rings is 2. The number of nitrogens with zero attached hydrogens (tertiary/aromatic N) is 2. The number of anilines is 2. The number of carbonyl (C=O) groups excluding carboxylic acids is 1. The van der Waals surface area contributed by atoms with Crippen LogP contribution in [0.1, 0.15) is 63.4 Å². The molecule has 2 aliphatic heterocycles. The van der Waals surface area contributed by atoms with Crippen LogP contribution in [-0.2, 0) is 11.2 Å². The van der Waals surface area contributed by atoms with Crippen molar-refractivity contribution in [3.8, 4) is 0 Å². The largest absolute Gasteiger partial charge is 0.462 e. The molecule has 1 unspecified atom stereocenters. The minimum Gasteiger partial charge on any atom is -0.462 e. The summed E-state index contributed by atoms with van der Waals surface area (Å²) >= 11 is 0. The third-order valence-electron chi connectivity index (χ3n) is 8.58. The van der Waals surface area contributed by atoms with Gasteiger partial charge >= 0.3 is 0 Å². The van der Waals surface area contributed by atoms with Crippen LogP contribution in [0.3, 0.4) is 0 Å². The van der Waals surface area contributed by atoms with Gasteiger partial charge in [-0.15, -0.1) is 0 Å². The van der Waals surface area contributed by atoms with Gasteiger partial charge in [0.25, 0.3) is 0 Å². The summed E-state index contributed by atoms with van der Waals surface area (Å²) in [5.41, 5.74) is 4.74. The molecule has 0 N–H and O–H groups in total. The number of amides is 1. The van der Waals surface area contributed by atoms with Gasteiger partial charge in [0.15, 0.2) is 0 Å². The molecule has 1 aliphatic carbocycles. The summed E-state index contributed by atoms with van der Waals surface area (Å²) in [6.07, 6.45) is 13.5. The first-order chi connectivity index (χ1) is 16.8. The van der Waals surface area contributed by atoms with Crippen LogP contribution >= 0.6 is 0 Å². The van der Waals surface area contributed by atoms with Gasteiger partial charge in [-0.2, -0.15) is 0 Å². The molecule has 1 amide bonds. The van der Waals surface area contributed by atoms with Crippen molar-refractivity contribution in [1.29, 1.82) is 0 Å². The molecule has 178 valence electrons. The number of fused-ring (bicyclic) bond motifs is 2. The number of aryl methyl sites for hydroxylation is 1. The summed E-state index contributed by atoms with van der Waals surface area (Å²) < 4.78 is 5.80. The van der Waals surface area contributed by atoms with Gasteiger partial charge in [-0.25, -0.2) is 0 Å². The third kappa shape index (κ3) is 4.12. The molecule has 1 saturated carbocycles. The van der Waals surface area contributed by atoms with Crippen LogP contribution in [0.25, 0.3) is 11.0 Å². The van der Waals surface area contributed by atoms with Crippen LogP contribution in [-0.4, -0.2) is 25.0 Å². The van der Waals surface area contributed by atoms with E-state index in [9.17, 15) is 4.79 Å². The monoisotopic (exact) mass is 456 g/mol. The molecule has 34 heavy (non-hydrogen) atoms. The van der Waals surface area contributed by atoms with Crippen molar-refractivity contribution in [2.45, 2.75) is 70.3 Å². The van der Waals surface area contributed by atoms with E-state index in [0.717, 1.165) is 50.8 Å². The lowest BCUT2D eigenvalue weighted by Crippen LogP contribution is -2.48. The van der Waals surface area contributed by atoms with Crippen LogP contribution < -0.4 is 9.80 Å². The SMILES string of the molecule is O=C(C1CCCCC1)N1c2ccccc2CCC1CC1CCN(c2coc3ccccc23)CC1. The Bertz CT molecular complexity index is 1140. The number of hydrogen-bond donors (Lipinski definition) is 0. The van der Waals surface area contributed by atoms with Crippen molar-refractivity contribution >= 4 is 28.3 Å². The first-order valence-electron chi connectivity index (χ1n) is 13.4. The fraction of sp³-hybridized carbons (Fsp3) is 0.500. The Balaban J connectivity index is 1.16. The fourth-order valence-electron chi connectivity index (χ4n) is 6.68. The van der Waals surface area contributed by atoms with Crippen molar-refractivity contribution in [3.63, 3.8) is 0 Å². The number of para-hydroxylation sites is 2. The average molecular weight is 457 g/mol. The van der Waals surface area contributed by atoms with Crippen molar-refractivity contribution in [2.75, 3.05) is 22.9 Å². The van der Waals surface area contributed by atoms with E-state index >= 15 is 0 Å². The lowest BCUT2D eigenvalue weighted by atomic mass is 9.82. The average Bonchev–Trinajstić information content (AvgIpc) is 3.33. The normalized spacial score (nSPS) is 22.2. The van der Waals surface area contributed by atoms with E-state index < -0.39 is 0 Å². The molecule has 2 fully saturated rings. The Morgan fingerprint density at radius 3 is 2.47 bits per heavy atom. The number of piperidine rings is 1. The van der Waals surface area contributed by atoms with Crippen LogP contribution in [0.2, 0.25) is 0 Å². The molecule has 4 heteroatoms. The second kappa shape index (κ2) is 9.48. The Hall–Kier alpha value is -2.75. The molecule has 3 aliphatic rings. The minimum absolute atomic E-state index is 0.221. The molecule has 3 aromatic rings. The van der Waals surface area contributed by atoms with Crippen LogP contribution in [0.15, 0.2) is 59.2 Å². The molecule has 6 rings (SSSR count). The molecule has 0 spiro atoms. The highest BCUT2D eigenvalue weighted by Crippen LogP contribution is 2.39. The number of hydrogen-bond acceptors (Lipinski definition) is 3. The standard InChI is InChI=1S/C30H36N2O2/c33-30(24-9-2-1-3-10-24)32-25(15-14-23-8-4-6-12-27(23)32)20-22-16-18-31(19-17-22)28-21-34-29-13-7-5-11-26(28)29/h4-8,11-13,21-22,24-25H,1-3,9-10,14-20H2. The Morgan fingerprint density at radius 1 is 0.853 bits per heavy atom. The predicted molar refractivity (Wildman–Crippen MR) is 138 cm³/mol. The molecule has 1 saturated heterocycles. The van der Waals surface area contributed by atoms with Crippen molar-refractivity contribution < 1.29 is 9.21 Å². The highest BCUT2D eigenvalue weighted by atomic mass is 16.3. The summed E-state index contributed by atoms with van der Waals surface area (Å²) in [6, 6.07) is 17.3. The number of furan rings is 1. The maximum atomic E-state index is 13.8. The number of carbonyl (C=O) groups is 1. The Kier molecular flexibility index (Phi) is 6.07. The topological polar surface area (TPSA) is 36.7 Å². The Morgan fingerprint density at radius 2 is 1.62 bits per heavy atom. The fourth-order valence-corrected chi connectivity index (χ4v) is 6.68. The third-order valence-corrected chi connectivity index (χ3v) is 8.58. The predicted octanol–water partition coefficient (Wildman–Crippen LogP) is 6.97. The summed E-state index contributed by atoms with van der Waals surface area (Å²) in [6.45, 7) is 2.13. The van der Waals surface area contributed by atoms with Gasteiger partial charge in [0, 0.05) is 36.1 Å². The first kappa shape index (κ1) is 21.8. The summed E-state index contributed by atoms with van der Waals surface area (Å²) in [5.74, 6) is 1.30. The summed E-state index contributed by atoms with van der Waals surface area (Å²) in [4.78, 5) is 18.6. The van der Waals surface area contributed by atoms with E-state index in [1.54, 1.807) is 0 Å². The lowest BCUT2D eigenvalue weighted by molar-refractivity contribution is -0.124. The molecule has 0 radical (unpaired) electrons. The molecule has 4 nitrogen and oxygen atoms in total. The molecular weight excluding hydrogens is 420 g/mol. The van der Waals surface area contributed by atoms with E-state index in [1.165, 1.54) is 54.4 Å². The van der Waals surface area contributed by atoms with Gasteiger partial charge < -0.3 is 14.2 Å². The maximum Gasteiger partial charge on any atom is 0.230 e.